The molecule has 1 N–H and O–H groups in total. The van der Waals surface area contributed by atoms with Crippen molar-refractivity contribution >= 4 is 0 Å². The fourth-order valence-corrected chi connectivity index (χ4v) is 2.41. The molecule has 1 heterocycles. The third kappa shape index (κ3) is 4.66. The first kappa shape index (κ1) is 15.1. The second-order valence-electron chi connectivity index (χ2n) is 5.53. The third-order valence-electron chi connectivity index (χ3n) is 3.62. The molecule has 0 saturated carbocycles. The summed E-state index contributed by atoms with van der Waals surface area (Å²) < 4.78 is 5.87. The van der Waals surface area contributed by atoms with Crippen LogP contribution < -0.4 is 10.1 Å². The molecule has 0 radical (unpaired) electrons. The van der Waals surface area contributed by atoms with Gasteiger partial charge >= 0.3 is 0 Å². The number of hydrogen-bond acceptors (Lipinski definition) is 3. The van der Waals surface area contributed by atoms with Gasteiger partial charge in [0.1, 0.15) is 12.4 Å². The molecule has 3 heteroatoms. The highest BCUT2D eigenvalue weighted by Gasteiger charge is 2.07. The lowest BCUT2D eigenvalue weighted by Crippen LogP contribution is -2.43. The molecule has 1 aliphatic heterocycles. The molecule has 0 amide bonds. The molecule has 0 bridgehead atoms. The third-order valence-corrected chi connectivity index (χ3v) is 3.62. The van der Waals surface area contributed by atoms with Crippen LogP contribution in [0.3, 0.4) is 0 Å². The number of nitrogens with zero attached hydrogens (tertiary/aromatic N) is 1. The predicted octanol–water partition coefficient (Wildman–Crippen LogP) is 2.65. The summed E-state index contributed by atoms with van der Waals surface area (Å²) in [7, 11) is 0. The first-order valence-corrected chi connectivity index (χ1v) is 7.57. The summed E-state index contributed by atoms with van der Waals surface area (Å²) in [5, 5.41) is 3.36. The Morgan fingerprint density at radius 1 is 1.20 bits per heavy atom. The van der Waals surface area contributed by atoms with E-state index in [1.165, 1.54) is 5.56 Å². The summed E-state index contributed by atoms with van der Waals surface area (Å²) in [6, 6.07) is 8.30. The van der Waals surface area contributed by atoms with Crippen molar-refractivity contribution in [1.29, 1.82) is 0 Å². The second kappa shape index (κ2) is 8.08. The molecule has 1 aromatic carbocycles. The van der Waals surface area contributed by atoms with Gasteiger partial charge in [-0.05, 0) is 17.5 Å². The van der Waals surface area contributed by atoms with Gasteiger partial charge in [0, 0.05) is 32.7 Å². The van der Waals surface area contributed by atoms with Crippen LogP contribution in [0.15, 0.2) is 36.4 Å². The number of piperazine rings is 1. The molecule has 3 nitrogen and oxygen atoms in total. The number of hydrogen-bond donors (Lipinski definition) is 1. The van der Waals surface area contributed by atoms with Gasteiger partial charge in [-0.1, -0.05) is 44.2 Å². The lowest BCUT2D eigenvalue weighted by molar-refractivity contribution is 0.264. The van der Waals surface area contributed by atoms with Crippen LogP contribution in [-0.4, -0.2) is 44.2 Å². The molecular formula is C17H26N2O. The largest absolute Gasteiger partial charge is 0.489 e. The maximum atomic E-state index is 5.87. The van der Waals surface area contributed by atoms with Gasteiger partial charge in [-0.25, -0.2) is 0 Å². The van der Waals surface area contributed by atoms with Crippen LogP contribution >= 0.6 is 0 Å². The highest BCUT2D eigenvalue weighted by atomic mass is 16.5. The summed E-state index contributed by atoms with van der Waals surface area (Å²) in [6.07, 6.45) is 4.34. The van der Waals surface area contributed by atoms with Gasteiger partial charge in [-0.15, -0.1) is 0 Å². The standard InChI is InChI=1S/C17H26N2O/c1-15(2)16-7-3-4-8-17(16)20-14-6-5-11-19-12-9-18-10-13-19/h3-8,15,18H,9-14H2,1-2H3. The van der Waals surface area contributed by atoms with E-state index in [0.29, 0.717) is 12.5 Å². The van der Waals surface area contributed by atoms with Gasteiger partial charge < -0.3 is 10.1 Å². The Hall–Kier alpha value is -1.32. The zero-order valence-electron chi connectivity index (χ0n) is 12.6. The normalized spacial score (nSPS) is 16.9. The monoisotopic (exact) mass is 274 g/mol. The van der Waals surface area contributed by atoms with Gasteiger partial charge in [-0.2, -0.15) is 0 Å². The summed E-state index contributed by atoms with van der Waals surface area (Å²) >= 11 is 0. The van der Waals surface area contributed by atoms with E-state index in [1.807, 2.05) is 6.07 Å². The molecule has 1 fully saturated rings. The van der Waals surface area contributed by atoms with Crippen molar-refractivity contribution in [1.82, 2.24) is 10.2 Å². The van der Waals surface area contributed by atoms with Crippen molar-refractivity contribution in [3.63, 3.8) is 0 Å². The summed E-state index contributed by atoms with van der Waals surface area (Å²) in [6.45, 7) is 10.6. The van der Waals surface area contributed by atoms with Crippen molar-refractivity contribution in [2.24, 2.45) is 0 Å². The van der Waals surface area contributed by atoms with Crippen LogP contribution in [0.5, 0.6) is 5.75 Å². The van der Waals surface area contributed by atoms with Crippen LogP contribution in [0.2, 0.25) is 0 Å². The average Bonchev–Trinajstić information content (AvgIpc) is 2.48. The number of nitrogens with one attached hydrogen (secondary N) is 1. The van der Waals surface area contributed by atoms with Crippen LogP contribution in [0.4, 0.5) is 0 Å². The number of benzene rings is 1. The zero-order valence-corrected chi connectivity index (χ0v) is 12.6. The second-order valence-corrected chi connectivity index (χ2v) is 5.53. The quantitative estimate of drug-likeness (QED) is 0.807. The fraction of sp³-hybridized carbons (Fsp3) is 0.529. The maximum absolute atomic E-state index is 5.87. The summed E-state index contributed by atoms with van der Waals surface area (Å²) in [5.41, 5.74) is 1.28. The Labute approximate surface area is 122 Å². The van der Waals surface area contributed by atoms with Crippen LogP contribution in [0, 0.1) is 0 Å². The molecular weight excluding hydrogens is 248 g/mol. The zero-order chi connectivity index (χ0) is 14.2. The average molecular weight is 274 g/mol. The number of para-hydroxylation sites is 1. The van der Waals surface area contributed by atoms with Gasteiger partial charge in [0.25, 0.3) is 0 Å². The van der Waals surface area contributed by atoms with E-state index in [0.717, 1.165) is 38.5 Å². The molecule has 0 atom stereocenters. The molecule has 1 saturated heterocycles. The van der Waals surface area contributed by atoms with Crippen molar-refractivity contribution < 1.29 is 4.74 Å². The summed E-state index contributed by atoms with van der Waals surface area (Å²) in [4.78, 5) is 2.45. The fourth-order valence-electron chi connectivity index (χ4n) is 2.41. The molecule has 20 heavy (non-hydrogen) atoms. The van der Waals surface area contributed by atoms with E-state index >= 15 is 0 Å². The Kier molecular flexibility index (Phi) is 6.09. The number of rotatable bonds is 6. The van der Waals surface area contributed by atoms with Crippen molar-refractivity contribution in [2.75, 3.05) is 39.3 Å². The van der Waals surface area contributed by atoms with Crippen molar-refractivity contribution in [3.8, 4) is 5.75 Å². The smallest absolute Gasteiger partial charge is 0.123 e. The van der Waals surface area contributed by atoms with Gasteiger partial charge in [-0.3, -0.25) is 4.90 Å². The topological polar surface area (TPSA) is 24.5 Å². The van der Waals surface area contributed by atoms with Crippen molar-refractivity contribution in [2.45, 2.75) is 19.8 Å². The van der Waals surface area contributed by atoms with Crippen molar-refractivity contribution in [3.05, 3.63) is 42.0 Å². The lowest BCUT2D eigenvalue weighted by atomic mass is 10.0. The van der Waals surface area contributed by atoms with E-state index in [2.05, 4.69) is 54.4 Å². The molecule has 0 spiro atoms. The van der Waals surface area contributed by atoms with Gasteiger partial charge in [0.2, 0.25) is 0 Å². The highest BCUT2D eigenvalue weighted by molar-refractivity contribution is 5.35. The predicted molar refractivity (Wildman–Crippen MR) is 84.5 cm³/mol. The number of ether oxygens (including phenoxy) is 1. The van der Waals surface area contributed by atoms with E-state index < -0.39 is 0 Å². The molecule has 0 aromatic heterocycles. The van der Waals surface area contributed by atoms with Crippen LogP contribution in [-0.2, 0) is 0 Å². The molecule has 0 aliphatic carbocycles. The minimum Gasteiger partial charge on any atom is -0.489 e. The van der Waals surface area contributed by atoms with Crippen LogP contribution in [0.25, 0.3) is 0 Å². The Morgan fingerprint density at radius 2 is 1.95 bits per heavy atom. The Balaban J connectivity index is 1.75. The maximum Gasteiger partial charge on any atom is 0.123 e. The lowest BCUT2D eigenvalue weighted by Gasteiger charge is -2.25. The Bertz CT molecular complexity index is 423. The minimum atomic E-state index is 0.496. The van der Waals surface area contributed by atoms with Gasteiger partial charge in [0.05, 0.1) is 0 Å². The Morgan fingerprint density at radius 3 is 2.70 bits per heavy atom. The highest BCUT2D eigenvalue weighted by Crippen LogP contribution is 2.25. The van der Waals surface area contributed by atoms with Gasteiger partial charge in [0.15, 0.2) is 0 Å². The van der Waals surface area contributed by atoms with E-state index in [4.69, 9.17) is 4.74 Å². The summed E-state index contributed by atoms with van der Waals surface area (Å²) in [5.74, 6) is 1.50. The van der Waals surface area contributed by atoms with Crippen LogP contribution in [0.1, 0.15) is 25.3 Å². The van der Waals surface area contributed by atoms with E-state index in [1.54, 1.807) is 0 Å². The van der Waals surface area contributed by atoms with E-state index in [-0.39, 0.29) is 0 Å². The molecule has 2 rings (SSSR count). The molecule has 110 valence electrons. The molecule has 1 aromatic rings. The first-order valence-electron chi connectivity index (χ1n) is 7.57. The first-order chi connectivity index (χ1) is 9.77. The molecule has 1 aliphatic rings. The van der Waals surface area contributed by atoms with E-state index in [9.17, 15) is 0 Å². The molecule has 0 unspecified atom stereocenters. The SMILES string of the molecule is CC(C)c1ccccc1OCC=CCN1CCNCC1. The minimum absolute atomic E-state index is 0.496.